The van der Waals surface area contributed by atoms with Gasteiger partial charge in [-0.25, -0.2) is 9.07 Å². The van der Waals surface area contributed by atoms with Gasteiger partial charge in [0.05, 0.1) is 18.1 Å². The van der Waals surface area contributed by atoms with Crippen molar-refractivity contribution in [1.82, 2.24) is 25.6 Å². The highest BCUT2D eigenvalue weighted by Gasteiger charge is 2.27. The molecule has 2 aromatic rings. The number of rotatable bonds is 9. The summed E-state index contributed by atoms with van der Waals surface area (Å²) in [4.78, 5) is 24.2. The van der Waals surface area contributed by atoms with Gasteiger partial charge in [-0.15, -0.1) is 5.10 Å². The second-order valence-corrected chi connectivity index (χ2v) is 6.33. The number of hydrogen-bond acceptors (Lipinski definition) is 4. The number of carbonyl (C=O) groups is 2. The fraction of sp³-hybridized carbons (Fsp3) is 0.444. The third-order valence-electron chi connectivity index (χ3n) is 4.19. The highest BCUT2D eigenvalue weighted by Crippen LogP contribution is 2.21. The van der Waals surface area contributed by atoms with Crippen molar-refractivity contribution in [3.63, 3.8) is 0 Å². The van der Waals surface area contributed by atoms with Gasteiger partial charge in [-0.05, 0) is 49.9 Å². The molecule has 144 valence electrons. The number of carbonyl (C=O) groups excluding carboxylic acids is 2. The van der Waals surface area contributed by atoms with Crippen LogP contribution >= 0.6 is 0 Å². The van der Waals surface area contributed by atoms with Crippen LogP contribution in [0.1, 0.15) is 45.8 Å². The number of hydrogen-bond donors (Lipinski definition) is 2. The highest BCUT2D eigenvalue weighted by molar-refractivity contribution is 5.94. The van der Waals surface area contributed by atoms with Gasteiger partial charge in [-0.1, -0.05) is 5.21 Å². The molecule has 2 amide bonds. The summed E-state index contributed by atoms with van der Waals surface area (Å²) in [5.74, 6) is -0.681. The van der Waals surface area contributed by atoms with Crippen molar-refractivity contribution in [3.05, 3.63) is 41.2 Å². The van der Waals surface area contributed by atoms with Crippen LogP contribution in [0.4, 0.5) is 8.78 Å². The maximum atomic E-state index is 12.7. The van der Waals surface area contributed by atoms with Gasteiger partial charge in [-0.2, -0.15) is 0 Å². The Morgan fingerprint density at radius 3 is 2.48 bits per heavy atom. The zero-order valence-corrected chi connectivity index (χ0v) is 14.8. The largest absolute Gasteiger partial charge is 0.349 e. The summed E-state index contributed by atoms with van der Waals surface area (Å²) in [6.45, 7) is -1.19. The molecule has 2 N–H and O–H groups in total. The van der Waals surface area contributed by atoms with E-state index < -0.39 is 13.3 Å². The lowest BCUT2D eigenvalue weighted by Crippen LogP contribution is -2.27. The van der Waals surface area contributed by atoms with E-state index in [9.17, 15) is 18.4 Å². The predicted octanol–water partition coefficient (Wildman–Crippen LogP) is 1.76. The summed E-state index contributed by atoms with van der Waals surface area (Å²) in [6, 6.07) is 6.64. The van der Waals surface area contributed by atoms with Crippen LogP contribution in [0, 0.1) is 0 Å². The van der Waals surface area contributed by atoms with Gasteiger partial charge in [0.1, 0.15) is 6.67 Å². The molecule has 1 aromatic carbocycles. The van der Waals surface area contributed by atoms with E-state index in [0.29, 0.717) is 23.4 Å². The fourth-order valence-electron chi connectivity index (χ4n) is 2.64. The van der Waals surface area contributed by atoms with Gasteiger partial charge in [0.2, 0.25) is 0 Å². The molecule has 1 aliphatic rings. The number of aromatic nitrogens is 3. The normalized spacial score (nSPS) is 13.4. The van der Waals surface area contributed by atoms with Crippen molar-refractivity contribution in [2.45, 2.75) is 31.7 Å². The van der Waals surface area contributed by atoms with E-state index in [1.807, 2.05) is 0 Å². The maximum absolute atomic E-state index is 12.7. The van der Waals surface area contributed by atoms with Crippen LogP contribution in [0.5, 0.6) is 0 Å². The van der Waals surface area contributed by atoms with Crippen LogP contribution in [-0.2, 0) is 6.42 Å². The average molecular weight is 377 g/mol. The van der Waals surface area contributed by atoms with Crippen molar-refractivity contribution < 1.29 is 18.4 Å². The number of benzene rings is 1. The first kappa shape index (κ1) is 18.9. The molecule has 0 unspecified atom stereocenters. The van der Waals surface area contributed by atoms with E-state index in [1.165, 1.54) is 4.68 Å². The third kappa shape index (κ3) is 4.66. The molecule has 0 atom stereocenters. The van der Waals surface area contributed by atoms with Crippen molar-refractivity contribution in [3.8, 4) is 5.69 Å². The molecule has 1 aliphatic carbocycles. The van der Waals surface area contributed by atoms with Crippen LogP contribution in [0.25, 0.3) is 5.69 Å². The predicted molar refractivity (Wildman–Crippen MR) is 94.5 cm³/mol. The minimum atomic E-state index is -0.633. The Morgan fingerprint density at radius 2 is 1.85 bits per heavy atom. The summed E-state index contributed by atoms with van der Waals surface area (Å²) >= 11 is 0. The van der Waals surface area contributed by atoms with Crippen molar-refractivity contribution >= 4 is 11.8 Å². The second kappa shape index (κ2) is 8.70. The number of amides is 2. The molecule has 0 aliphatic heterocycles. The molecular formula is C18H21F2N5O2. The zero-order chi connectivity index (χ0) is 19.2. The lowest BCUT2D eigenvalue weighted by Gasteiger charge is -2.09. The van der Waals surface area contributed by atoms with Crippen molar-refractivity contribution in [1.29, 1.82) is 0 Å². The average Bonchev–Trinajstić information content (AvgIpc) is 3.40. The van der Waals surface area contributed by atoms with Gasteiger partial charge in [0.25, 0.3) is 11.8 Å². The van der Waals surface area contributed by atoms with Gasteiger partial charge in [0.15, 0.2) is 5.69 Å². The SMILES string of the molecule is O=C(NCCF)c1ccc(-n2nnc(C(=O)NC3CC3)c2CCCF)cc1. The fourth-order valence-corrected chi connectivity index (χ4v) is 2.64. The molecule has 1 saturated carbocycles. The summed E-state index contributed by atoms with van der Waals surface area (Å²) in [5, 5.41) is 13.3. The Labute approximate surface area is 155 Å². The summed E-state index contributed by atoms with van der Waals surface area (Å²) in [7, 11) is 0. The standard InChI is InChI=1S/C18H21F2N5O2/c19-9-1-2-15-16(18(27)22-13-5-6-13)23-24-25(15)14-7-3-12(4-8-14)17(26)21-11-10-20/h3-4,7-8,13H,1-2,5-6,9-11H2,(H,21,26)(H,22,27). The molecule has 0 radical (unpaired) electrons. The minimum Gasteiger partial charge on any atom is -0.349 e. The van der Waals surface area contributed by atoms with Crippen molar-refractivity contribution in [2.75, 3.05) is 19.9 Å². The van der Waals surface area contributed by atoms with Crippen LogP contribution in [0.3, 0.4) is 0 Å². The Balaban J connectivity index is 1.83. The van der Waals surface area contributed by atoms with E-state index >= 15 is 0 Å². The van der Waals surface area contributed by atoms with E-state index in [1.54, 1.807) is 24.3 Å². The van der Waals surface area contributed by atoms with Crippen LogP contribution in [0.15, 0.2) is 24.3 Å². The minimum absolute atomic E-state index is 0.0451. The summed E-state index contributed by atoms with van der Waals surface area (Å²) in [6.07, 6.45) is 2.47. The van der Waals surface area contributed by atoms with Crippen LogP contribution < -0.4 is 10.6 Å². The molecule has 1 heterocycles. The van der Waals surface area contributed by atoms with Gasteiger partial charge >= 0.3 is 0 Å². The Morgan fingerprint density at radius 1 is 1.11 bits per heavy atom. The Hall–Kier alpha value is -2.84. The first-order valence-electron chi connectivity index (χ1n) is 8.90. The molecule has 1 fully saturated rings. The van der Waals surface area contributed by atoms with E-state index in [0.717, 1.165) is 12.8 Å². The van der Waals surface area contributed by atoms with E-state index in [2.05, 4.69) is 20.9 Å². The van der Waals surface area contributed by atoms with Crippen LogP contribution in [0.2, 0.25) is 0 Å². The molecule has 0 saturated heterocycles. The van der Waals surface area contributed by atoms with Gasteiger partial charge < -0.3 is 10.6 Å². The van der Waals surface area contributed by atoms with Gasteiger partial charge in [-0.3, -0.25) is 14.0 Å². The van der Waals surface area contributed by atoms with E-state index in [-0.39, 0.29) is 36.5 Å². The maximum Gasteiger partial charge on any atom is 0.273 e. The molecule has 1 aromatic heterocycles. The second-order valence-electron chi connectivity index (χ2n) is 6.33. The number of alkyl halides is 2. The molecule has 9 heteroatoms. The quantitative estimate of drug-likeness (QED) is 0.697. The zero-order valence-electron chi connectivity index (χ0n) is 14.8. The Kier molecular flexibility index (Phi) is 6.10. The first-order valence-corrected chi connectivity index (χ1v) is 8.90. The number of nitrogens with zero attached hydrogens (tertiary/aromatic N) is 3. The summed E-state index contributed by atoms with van der Waals surface area (Å²) in [5.41, 5.74) is 1.70. The van der Waals surface area contributed by atoms with Gasteiger partial charge in [0, 0.05) is 18.2 Å². The summed E-state index contributed by atoms with van der Waals surface area (Å²) < 4.78 is 26.3. The third-order valence-corrected chi connectivity index (χ3v) is 4.19. The van der Waals surface area contributed by atoms with E-state index in [4.69, 9.17) is 0 Å². The molecular weight excluding hydrogens is 356 g/mol. The monoisotopic (exact) mass is 377 g/mol. The number of halogens is 2. The highest BCUT2D eigenvalue weighted by atomic mass is 19.1. The smallest absolute Gasteiger partial charge is 0.273 e. The number of nitrogens with one attached hydrogen (secondary N) is 2. The first-order chi connectivity index (χ1) is 13.1. The molecule has 27 heavy (non-hydrogen) atoms. The van der Waals surface area contributed by atoms with Crippen molar-refractivity contribution in [2.24, 2.45) is 0 Å². The Bertz CT molecular complexity index is 803. The molecule has 3 rings (SSSR count). The van der Waals surface area contributed by atoms with Crippen LogP contribution in [-0.4, -0.2) is 52.7 Å². The molecule has 7 nitrogen and oxygen atoms in total. The molecule has 0 bridgehead atoms. The lowest BCUT2D eigenvalue weighted by molar-refractivity contribution is 0.0939. The lowest BCUT2D eigenvalue weighted by atomic mass is 10.1. The molecule has 0 spiro atoms. The topological polar surface area (TPSA) is 88.9 Å².